The van der Waals surface area contributed by atoms with Gasteiger partial charge in [0.1, 0.15) is 30.2 Å². The van der Waals surface area contributed by atoms with E-state index in [0.717, 1.165) is 0 Å². The van der Waals surface area contributed by atoms with Crippen molar-refractivity contribution in [2.75, 3.05) is 36.7 Å². The zero-order chi connectivity index (χ0) is 52.9. The van der Waals surface area contributed by atoms with Crippen molar-refractivity contribution in [2.45, 2.75) is 112 Å². The molecule has 3 aromatic carbocycles. The third kappa shape index (κ3) is 22.5. The number of carbonyl (C=O) groups is 6. The van der Waals surface area contributed by atoms with Gasteiger partial charge >= 0.3 is 11.9 Å². The first-order valence-electron chi connectivity index (χ1n) is 21.8. The Bertz CT molecular complexity index is 2090. The summed E-state index contributed by atoms with van der Waals surface area (Å²) in [5.41, 5.74) is 1.95. The summed E-state index contributed by atoms with van der Waals surface area (Å²) in [6.45, 7) is 18.5. The summed E-state index contributed by atoms with van der Waals surface area (Å²) >= 11 is 35.4. The number of amides is 4. The summed E-state index contributed by atoms with van der Waals surface area (Å²) in [4.78, 5) is 72.2. The SMILES string of the molecule is CC(C)CNC(=O)[C@@H](NC(=O)[C@H](C)Nc1ccc(Cl)c(Cl)c1)C(C)C.COC(=O)[C@@H](NC(=O)[C@H](C)Nc1ccc(Cl)c(Cl)c1)C(C)C.COC(=O)[C@@H](NC(=O)[C@H](C)Nc1ccc(Cl)c(Cl)c1)[C@@H](C)O. The quantitative estimate of drug-likeness (QED) is 0.0498. The molecule has 0 aliphatic carbocycles. The van der Waals surface area contributed by atoms with Crippen LogP contribution in [0.1, 0.15) is 69.2 Å². The van der Waals surface area contributed by atoms with Gasteiger partial charge in [0, 0.05) is 23.6 Å². The van der Waals surface area contributed by atoms with Crippen molar-refractivity contribution in [3.8, 4) is 0 Å². The van der Waals surface area contributed by atoms with Crippen LogP contribution in [0, 0.1) is 17.8 Å². The summed E-state index contributed by atoms with van der Waals surface area (Å²) in [6, 6.07) is 10.8. The first-order valence-corrected chi connectivity index (χ1v) is 24.1. The fourth-order valence-electron chi connectivity index (χ4n) is 5.62. The molecule has 3 aromatic rings. The van der Waals surface area contributed by atoms with Crippen molar-refractivity contribution in [2.24, 2.45) is 17.8 Å². The number of nitrogens with one attached hydrogen (secondary N) is 7. The lowest BCUT2D eigenvalue weighted by Crippen LogP contribution is -2.53. The number of rotatable bonds is 20. The van der Waals surface area contributed by atoms with Gasteiger partial charge in [0.15, 0.2) is 6.04 Å². The fourth-order valence-corrected chi connectivity index (χ4v) is 6.51. The van der Waals surface area contributed by atoms with E-state index in [1.807, 2.05) is 41.5 Å². The van der Waals surface area contributed by atoms with Crippen molar-refractivity contribution in [1.29, 1.82) is 0 Å². The van der Waals surface area contributed by atoms with Crippen LogP contribution in [-0.4, -0.2) is 104 Å². The van der Waals surface area contributed by atoms with Crippen molar-refractivity contribution >= 4 is 122 Å². The number of methoxy groups -OCH3 is 2. The molecule has 3 rings (SSSR count). The molecule has 4 amide bonds. The van der Waals surface area contributed by atoms with Gasteiger partial charge in [-0.05, 0) is 100 Å². The zero-order valence-electron chi connectivity index (χ0n) is 40.7. The lowest BCUT2D eigenvalue weighted by atomic mass is 10.0. The minimum atomic E-state index is -1.13. The van der Waals surface area contributed by atoms with Crippen LogP contribution in [0.4, 0.5) is 17.1 Å². The first kappa shape index (κ1) is 62.6. The number of ether oxygens (including phenoxy) is 2. The van der Waals surface area contributed by atoms with Crippen LogP contribution in [0.15, 0.2) is 54.6 Å². The molecule has 0 radical (unpaired) electrons. The van der Waals surface area contributed by atoms with E-state index in [4.69, 9.17) is 74.3 Å². The van der Waals surface area contributed by atoms with E-state index in [0.29, 0.717) is 59.7 Å². The Morgan fingerprint density at radius 1 is 0.464 bits per heavy atom. The van der Waals surface area contributed by atoms with E-state index in [9.17, 15) is 33.9 Å². The van der Waals surface area contributed by atoms with Crippen molar-refractivity contribution < 1.29 is 43.3 Å². The molecule has 0 aromatic heterocycles. The Kier molecular flexibility index (Phi) is 28.1. The van der Waals surface area contributed by atoms with E-state index in [-0.39, 0.29) is 29.6 Å². The Hall–Kier alpha value is -4.42. The molecule has 0 saturated heterocycles. The van der Waals surface area contributed by atoms with Gasteiger partial charge in [-0.1, -0.05) is 111 Å². The van der Waals surface area contributed by atoms with Crippen LogP contribution in [-0.2, 0) is 38.2 Å². The van der Waals surface area contributed by atoms with E-state index in [1.165, 1.54) is 21.1 Å². The van der Waals surface area contributed by atoms with Crippen molar-refractivity contribution in [1.82, 2.24) is 21.3 Å². The number of carbonyl (C=O) groups excluding carboxylic acids is 6. The highest BCUT2D eigenvalue weighted by Gasteiger charge is 2.30. The van der Waals surface area contributed by atoms with Gasteiger partial charge in [-0.25, -0.2) is 9.59 Å². The predicted octanol–water partition coefficient (Wildman–Crippen LogP) is 8.65. The Morgan fingerprint density at radius 2 is 0.768 bits per heavy atom. The Labute approximate surface area is 435 Å². The third-order valence-corrected chi connectivity index (χ3v) is 11.9. The van der Waals surface area contributed by atoms with E-state index < -0.39 is 60.2 Å². The summed E-state index contributed by atoms with van der Waals surface area (Å²) in [6.07, 6.45) is -1.08. The van der Waals surface area contributed by atoms with Crippen LogP contribution in [0.2, 0.25) is 30.1 Å². The summed E-state index contributed by atoms with van der Waals surface area (Å²) in [5, 5.41) is 31.8. The van der Waals surface area contributed by atoms with Crippen LogP contribution < -0.4 is 37.2 Å². The normalized spacial score (nSPS) is 13.8. The maximum Gasteiger partial charge on any atom is 0.331 e. The number of aliphatic hydroxyl groups excluding tert-OH is 1. The number of hydrogen-bond acceptors (Lipinski definition) is 12. The summed E-state index contributed by atoms with van der Waals surface area (Å²) in [5.74, 6) is -2.14. The molecule has 16 nitrogen and oxygen atoms in total. The highest BCUT2D eigenvalue weighted by atomic mass is 35.5. The van der Waals surface area contributed by atoms with Crippen LogP contribution in [0.25, 0.3) is 0 Å². The number of halogens is 6. The van der Waals surface area contributed by atoms with E-state index in [2.05, 4.69) is 42.0 Å². The average molecular weight is 1080 g/mol. The second kappa shape index (κ2) is 31.0. The molecule has 69 heavy (non-hydrogen) atoms. The molecule has 7 atom stereocenters. The number of hydrogen-bond donors (Lipinski definition) is 8. The minimum absolute atomic E-state index is 0.0201. The predicted molar refractivity (Wildman–Crippen MR) is 278 cm³/mol. The molecule has 0 bridgehead atoms. The monoisotopic (exact) mass is 1080 g/mol. The smallest absolute Gasteiger partial charge is 0.331 e. The average Bonchev–Trinajstić information content (AvgIpc) is 3.28. The number of esters is 2. The van der Waals surface area contributed by atoms with E-state index >= 15 is 0 Å². The lowest BCUT2D eigenvalue weighted by molar-refractivity contribution is -0.148. The van der Waals surface area contributed by atoms with Gasteiger partial charge in [-0.3, -0.25) is 19.2 Å². The largest absolute Gasteiger partial charge is 0.467 e. The number of anilines is 3. The molecule has 0 aliphatic heterocycles. The van der Waals surface area contributed by atoms with Gasteiger partial charge < -0.3 is 51.8 Å². The highest BCUT2D eigenvalue weighted by molar-refractivity contribution is 6.43. The number of benzene rings is 3. The van der Waals surface area contributed by atoms with Crippen LogP contribution >= 0.6 is 69.6 Å². The maximum absolute atomic E-state index is 12.4. The fraction of sp³-hybridized carbons (Fsp3) is 0.489. The minimum Gasteiger partial charge on any atom is -0.467 e. The maximum atomic E-state index is 12.4. The molecule has 0 heterocycles. The van der Waals surface area contributed by atoms with Crippen molar-refractivity contribution in [3.63, 3.8) is 0 Å². The Balaban J connectivity index is 0.000000519. The van der Waals surface area contributed by atoms with Gasteiger partial charge in [-0.15, -0.1) is 0 Å². The summed E-state index contributed by atoms with van der Waals surface area (Å²) < 4.78 is 9.23. The molecule has 22 heteroatoms. The molecule has 0 spiro atoms. The summed E-state index contributed by atoms with van der Waals surface area (Å²) in [7, 11) is 2.47. The van der Waals surface area contributed by atoms with Crippen molar-refractivity contribution in [3.05, 3.63) is 84.7 Å². The highest BCUT2D eigenvalue weighted by Crippen LogP contribution is 2.27. The van der Waals surface area contributed by atoms with Crippen LogP contribution in [0.3, 0.4) is 0 Å². The molecule has 0 fully saturated rings. The van der Waals surface area contributed by atoms with Gasteiger partial charge in [0.05, 0.1) is 50.5 Å². The molecule has 0 aliphatic rings. The molecule has 0 saturated carbocycles. The second-order valence-corrected chi connectivity index (χ2v) is 19.3. The molecular weight excluding hydrogens is 1020 g/mol. The topological polar surface area (TPSA) is 225 Å². The molecule has 0 unspecified atom stereocenters. The molecule has 384 valence electrons. The first-order chi connectivity index (χ1) is 32.1. The van der Waals surface area contributed by atoms with E-state index in [1.54, 1.807) is 75.4 Å². The molecular formula is C47H65Cl6N7O9. The van der Waals surface area contributed by atoms with Crippen LogP contribution in [0.5, 0.6) is 0 Å². The molecule has 8 N–H and O–H groups in total. The van der Waals surface area contributed by atoms with Gasteiger partial charge in [-0.2, -0.15) is 0 Å². The zero-order valence-corrected chi connectivity index (χ0v) is 45.2. The van der Waals surface area contributed by atoms with Gasteiger partial charge in [0.2, 0.25) is 23.6 Å². The number of aliphatic hydroxyl groups is 1. The standard InChI is InChI=1S/C18H27Cl2N3O2.C15H20Cl2N2O3.C14H18Cl2N2O4/c1-10(2)9-21-18(25)16(11(3)4)23-17(24)12(5)22-13-6-7-14(19)15(20)8-13;1-8(2)13(15(21)22-4)19-14(20)9(3)18-10-5-6-11(16)12(17)7-10;1-7(17-9-4-5-10(15)11(16)6-9)13(20)18-12(8(2)19)14(21)22-3/h6-8,10-12,16,22H,9H2,1-5H3,(H,21,25)(H,23,24);5-9,13,18H,1-4H3,(H,19,20);4-8,12,17,19H,1-3H3,(H,18,20)/t12-,16-;9-,13-;7-,8+,12-/m000/s1. The second-order valence-electron chi connectivity index (χ2n) is 16.9. The third-order valence-electron chi connectivity index (χ3n) is 9.67. The Morgan fingerprint density at radius 3 is 1.04 bits per heavy atom. The lowest BCUT2D eigenvalue weighted by Gasteiger charge is -2.24. The van der Waals surface area contributed by atoms with Gasteiger partial charge in [0.25, 0.3) is 0 Å².